The van der Waals surface area contributed by atoms with Crippen LogP contribution in [0.15, 0.2) is 28.3 Å². The highest BCUT2D eigenvalue weighted by atomic mass is 14.7. The van der Waals surface area contributed by atoms with Crippen LogP contribution in [0, 0.1) is 0 Å². The Hall–Kier alpha value is -0.850. The van der Waals surface area contributed by atoms with Crippen LogP contribution in [-0.2, 0) is 0 Å². The van der Waals surface area contributed by atoms with Gasteiger partial charge < -0.3 is 0 Å². The quantitative estimate of drug-likeness (QED) is 0.443. The van der Waals surface area contributed by atoms with Gasteiger partial charge in [-0.05, 0) is 39.8 Å². The molecule has 0 heterocycles. The van der Waals surface area contributed by atoms with Gasteiger partial charge in [0, 0.05) is 0 Å². The summed E-state index contributed by atoms with van der Waals surface area (Å²) in [6.07, 6.45) is 7.92. The monoisotopic (exact) mass is 193 g/mol. The molecule has 0 spiro atoms. The third kappa shape index (κ3) is 5.00. The minimum atomic E-state index is 0.259. The van der Waals surface area contributed by atoms with Crippen molar-refractivity contribution < 1.29 is 0 Å². The predicted molar refractivity (Wildman–Crippen MR) is 66.1 cm³/mol. The van der Waals surface area contributed by atoms with Crippen LogP contribution in [-0.4, -0.2) is 12.8 Å². The summed E-state index contributed by atoms with van der Waals surface area (Å²) < 4.78 is 0. The molecule has 0 radical (unpaired) electrons. The summed E-state index contributed by atoms with van der Waals surface area (Å²) in [5, 5.41) is 0. The summed E-state index contributed by atoms with van der Waals surface area (Å²) >= 11 is 0. The minimum absolute atomic E-state index is 0.259. The summed E-state index contributed by atoms with van der Waals surface area (Å²) in [5.74, 6) is 0. The van der Waals surface area contributed by atoms with E-state index in [1.165, 1.54) is 24.0 Å². The highest BCUT2D eigenvalue weighted by Gasteiger charge is 1.97. The van der Waals surface area contributed by atoms with Crippen molar-refractivity contribution in [3.8, 4) is 0 Å². The second-order valence-corrected chi connectivity index (χ2v) is 3.61. The number of hydrogen-bond acceptors (Lipinski definition) is 1. The molecular weight excluding hydrogens is 170 g/mol. The van der Waals surface area contributed by atoms with Crippen LogP contribution in [0.4, 0.5) is 0 Å². The molecule has 0 aliphatic rings. The molecule has 0 aromatic heterocycles. The Bertz CT molecular complexity index is 217. The highest BCUT2D eigenvalue weighted by molar-refractivity contribution is 5.27. The van der Waals surface area contributed by atoms with Gasteiger partial charge in [0.1, 0.15) is 0 Å². The molecule has 14 heavy (non-hydrogen) atoms. The molecular formula is C13H23N. The largest absolute Gasteiger partial charge is 0.294 e. The second kappa shape index (κ2) is 7.54. The van der Waals surface area contributed by atoms with E-state index in [1.54, 1.807) is 0 Å². The lowest BCUT2D eigenvalue weighted by Gasteiger charge is -2.05. The topological polar surface area (TPSA) is 12.4 Å². The van der Waals surface area contributed by atoms with Gasteiger partial charge in [-0.15, -0.1) is 0 Å². The lowest BCUT2D eigenvalue weighted by atomic mass is 10.1. The zero-order chi connectivity index (χ0) is 11.0. The molecule has 0 aromatic rings. The molecule has 1 atom stereocenters. The molecule has 0 aromatic carbocycles. The van der Waals surface area contributed by atoms with Crippen molar-refractivity contribution in [2.24, 2.45) is 4.99 Å². The van der Waals surface area contributed by atoms with E-state index in [0.717, 1.165) is 6.42 Å². The van der Waals surface area contributed by atoms with E-state index in [9.17, 15) is 0 Å². The Morgan fingerprint density at radius 1 is 1.29 bits per heavy atom. The number of nitrogens with zero attached hydrogens (tertiary/aromatic N) is 1. The van der Waals surface area contributed by atoms with Gasteiger partial charge >= 0.3 is 0 Å². The van der Waals surface area contributed by atoms with Gasteiger partial charge in [0.2, 0.25) is 0 Å². The molecule has 0 saturated carbocycles. The summed E-state index contributed by atoms with van der Waals surface area (Å²) in [6, 6.07) is 0.259. The molecule has 0 amide bonds. The van der Waals surface area contributed by atoms with Gasteiger partial charge in [0.25, 0.3) is 0 Å². The average molecular weight is 193 g/mol. The molecule has 1 nitrogen and oxygen atoms in total. The molecule has 0 rings (SSSR count). The van der Waals surface area contributed by atoms with E-state index < -0.39 is 0 Å². The molecule has 0 saturated heterocycles. The maximum Gasteiger partial charge on any atom is 0.0671 e. The zero-order valence-corrected chi connectivity index (χ0v) is 10.0. The Morgan fingerprint density at radius 3 is 2.29 bits per heavy atom. The smallest absolute Gasteiger partial charge is 0.0671 e. The lowest BCUT2D eigenvalue weighted by Crippen LogP contribution is -1.97. The van der Waals surface area contributed by atoms with Gasteiger partial charge in [-0.2, -0.15) is 0 Å². The molecule has 80 valence electrons. The van der Waals surface area contributed by atoms with Crippen molar-refractivity contribution in [2.45, 2.75) is 53.0 Å². The first kappa shape index (κ1) is 13.2. The summed E-state index contributed by atoms with van der Waals surface area (Å²) in [7, 11) is 0. The van der Waals surface area contributed by atoms with Gasteiger partial charge in [0.05, 0.1) is 6.04 Å². The fourth-order valence-corrected chi connectivity index (χ4v) is 1.26. The highest BCUT2D eigenvalue weighted by Crippen LogP contribution is 2.10. The number of rotatable bonds is 6. The van der Waals surface area contributed by atoms with Gasteiger partial charge in [-0.1, -0.05) is 37.1 Å². The Labute approximate surface area is 88.6 Å². The third-order valence-corrected chi connectivity index (χ3v) is 2.69. The fourth-order valence-electron chi connectivity index (χ4n) is 1.26. The summed E-state index contributed by atoms with van der Waals surface area (Å²) in [4.78, 5) is 3.99. The van der Waals surface area contributed by atoms with E-state index in [2.05, 4.69) is 51.6 Å². The maximum absolute atomic E-state index is 3.99. The number of allylic oxidation sites excluding steroid dienone is 3. The van der Waals surface area contributed by atoms with E-state index in [1.807, 2.05) is 0 Å². The molecule has 1 unspecified atom stereocenters. The first-order valence-corrected chi connectivity index (χ1v) is 5.46. The standard InChI is InChI=1S/C13H23N/c1-6-13(7-2)10-8-9-11(3)12(4)14-5/h9-10,12H,5-8H2,1-4H3/b11-9+. The van der Waals surface area contributed by atoms with Crippen LogP contribution in [0.3, 0.4) is 0 Å². The normalized spacial score (nSPS) is 13.6. The molecule has 0 aliphatic heterocycles. The Kier molecular flexibility index (Phi) is 7.09. The summed E-state index contributed by atoms with van der Waals surface area (Å²) in [6.45, 7) is 12.2. The molecule has 0 aliphatic carbocycles. The Morgan fingerprint density at radius 2 is 1.86 bits per heavy atom. The first-order chi connectivity index (χ1) is 6.65. The number of aliphatic imine (C=N–C) groups is 1. The van der Waals surface area contributed by atoms with Crippen LogP contribution in [0.1, 0.15) is 47.0 Å². The zero-order valence-electron chi connectivity index (χ0n) is 10.0. The lowest BCUT2D eigenvalue weighted by molar-refractivity contribution is 0.863. The van der Waals surface area contributed by atoms with E-state index in [-0.39, 0.29) is 6.04 Å². The van der Waals surface area contributed by atoms with Crippen molar-refractivity contribution in [3.63, 3.8) is 0 Å². The van der Waals surface area contributed by atoms with Crippen molar-refractivity contribution >= 4 is 6.72 Å². The van der Waals surface area contributed by atoms with E-state index >= 15 is 0 Å². The van der Waals surface area contributed by atoms with Crippen molar-refractivity contribution in [1.29, 1.82) is 0 Å². The minimum Gasteiger partial charge on any atom is -0.294 e. The van der Waals surface area contributed by atoms with Crippen molar-refractivity contribution in [2.75, 3.05) is 0 Å². The predicted octanol–water partition coefficient (Wildman–Crippen LogP) is 4.16. The van der Waals surface area contributed by atoms with Crippen LogP contribution in [0.25, 0.3) is 0 Å². The van der Waals surface area contributed by atoms with E-state index in [0.29, 0.717) is 0 Å². The van der Waals surface area contributed by atoms with Crippen LogP contribution in [0.2, 0.25) is 0 Å². The molecule has 0 bridgehead atoms. The van der Waals surface area contributed by atoms with Crippen LogP contribution >= 0.6 is 0 Å². The summed E-state index contributed by atoms with van der Waals surface area (Å²) in [5.41, 5.74) is 2.84. The van der Waals surface area contributed by atoms with Crippen molar-refractivity contribution in [1.82, 2.24) is 0 Å². The maximum atomic E-state index is 3.99. The SMILES string of the molecule is C=NC(C)/C(C)=C/CC=C(CC)CC. The first-order valence-electron chi connectivity index (χ1n) is 5.46. The molecule has 1 heteroatoms. The van der Waals surface area contributed by atoms with Gasteiger partial charge in [-0.25, -0.2) is 0 Å². The molecule has 0 N–H and O–H groups in total. The van der Waals surface area contributed by atoms with Gasteiger partial charge in [0.15, 0.2) is 0 Å². The van der Waals surface area contributed by atoms with Crippen molar-refractivity contribution in [3.05, 3.63) is 23.3 Å². The number of hydrogen-bond donors (Lipinski definition) is 0. The van der Waals surface area contributed by atoms with Crippen LogP contribution in [0.5, 0.6) is 0 Å². The Balaban J connectivity index is 4.15. The van der Waals surface area contributed by atoms with Crippen LogP contribution < -0.4 is 0 Å². The molecule has 0 fully saturated rings. The van der Waals surface area contributed by atoms with Gasteiger partial charge in [-0.3, -0.25) is 4.99 Å². The second-order valence-electron chi connectivity index (χ2n) is 3.61. The fraction of sp³-hybridized carbons (Fsp3) is 0.615. The van der Waals surface area contributed by atoms with E-state index in [4.69, 9.17) is 0 Å². The average Bonchev–Trinajstić information content (AvgIpc) is 2.22. The third-order valence-electron chi connectivity index (χ3n) is 2.69.